The molecule has 0 radical (unpaired) electrons. The molecule has 0 saturated heterocycles. The molecule has 21 heavy (non-hydrogen) atoms. The van der Waals surface area contributed by atoms with Crippen molar-refractivity contribution in [3.63, 3.8) is 0 Å². The van der Waals surface area contributed by atoms with Gasteiger partial charge in [0.25, 0.3) is 5.91 Å². The zero-order chi connectivity index (χ0) is 14.4. The Morgan fingerprint density at radius 2 is 2.05 bits per heavy atom. The lowest BCUT2D eigenvalue weighted by atomic mass is 9.94. The lowest BCUT2D eigenvalue weighted by Crippen LogP contribution is -2.38. The maximum Gasteiger partial charge on any atom is 0.256 e. The van der Waals surface area contributed by atoms with Crippen molar-refractivity contribution in [2.45, 2.75) is 31.8 Å². The van der Waals surface area contributed by atoms with Gasteiger partial charge in [-0.05, 0) is 48.9 Å². The highest BCUT2D eigenvalue weighted by Gasteiger charge is 2.31. The van der Waals surface area contributed by atoms with Crippen molar-refractivity contribution in [2.24, 2.45) is 0 Å². The predicted octanol–water partition coefficient (Wildman–Crippen LogP) is 3.62. The molecule has 0 saturated carbocycles. The third kappa shape index (κ3) is 2.12. The fourth-order valence-electron chi connectivity index (χ4n) is 3.13. The number of benzene rings is 1. The van der Waals surface area contributed by atoms with Crippen LogP contribution in [0.15, 0.2) is 24.3 Å². The van der Waals surface area contributed by atoms with Crippen LogP contribution in [0.5, 0.6) is 0 Å². The van der Waals surface area contributed by atoms with E-state index in [9.17, 15) is 9.18 Å². The van der Waals surface area contributed by atoms with E-state index in [1.54, 1.807) is 17.4 Å². The lowest BCUT2D eigenvalue weighted by Gasteiger charge is -2.26. The molecule has 1 amide bonds. The maximum absolute atomic E-state index is 13.4. The van der Waals surface area contributed by atoms with Gasteiger partial charge in [0.1, 0.15) is 17.0 Å². The number of carbonyl (C=O) groups is 1. The molecule has 2 aliphatic rings. The zero-order valence-corrected chi connectivity index (χ0v) is 12.2. The molecule has 0 fully saturated rings. The van der Waals surface area contributed by atoms with Gasteiger partial charge in [-0.3, -0.25) is 4.79 Å². The molecule has 1 aromatic heterocycles. The van der Waals surface area contributed by atoms with Gasteiger partial charge in [0.05, 0.1) is 5.56 Å². The van der Waals surface area contributed by atoms with E-state index in [1.807, 2.05) is 6.07 Å². The molecular formula is C16H15FN2OS. The summed E-state index contributed by atoms with van der Waals surface area (Å²) in [5, 5.41) is 7.22. The summed E-state index contributed by atoms with van der Waals surface area (Å²) in [4.78, 5) is 13.8. The van der Waals surface area contributed by atoms with E-state index < -0.39 is 0 Å². The summed E-state index contributed by atoms with van der Waals surface area (Å²) < 4.78 is 13.4. The van der Waals surface area contributed by atoms with Gasteiger partial charge in [-0.1, -0.05) is 12.1 Å². The van der Waals surface area contributed by atoms with Gasteiger partial charge < -0.3 is 10.6 Å². The third-order valence-corrected chi connectivity index (χ3v) is 5.35. The molecule has 2 aromatic rings. The number of aryl methyl sites for hydroxylation is 1. The van der Waals surface area contributed by atoms with Crippen LogP contribution < -0.4 is 10.6 Å². The zero-order valence-electron chi connectivity index (χ0n) is 11.4. The molecule has 2 heterocycles. The second kappa shape index (κ2) is 4.84. The number of hydrogen-bond acceptors (Lipinski definition) is 3. The second-order valence-corrected chi connectivity index (χ2v) is 6.63. The smallest absolute Gasteiger partial charge is 0.256 e. The van der Waals surface area contributed by atoms with Gasteiger partial charge in [-0.25, -0.2) is 4.39 Å². The van der Waals surface area contributed by atoms with E-state index in [2.05, 4.69) is 10.6 Å². The van der Waals surface area contributed by atoms with Crippen molar-refractivity contribution >= 4 is 22.2 Å². The predicted molar refractivity (Wildman–Crippen MR) is 81.2 cm³/mol. The van der Waals surface area contributed by atoms with E-state index in [4.69, 9.17) is 0 Å². The molecular weight excluding hydrogens is 287 g/mol. The Morgan fingerprint density at radius 3 is 2.90 bits per heavy atom. The number of halogens is 1. The number of fused-ring (bicyclic) bond motifs is 3. The highest BCUT2D eigenvalue weighted by molar-refractivity contribution is 7.16. The van der Waals surface area contributed by atoms with Crippen LogP contribution in [-0.2, 0) is 12.8 Å². The Labute approximate surface area is 126 Å². The van der Waals surface area contributed by atoms with E-state index in [0.29, 0.717) is 0 Å². The normalized spacial score (nSPS) is 20.2. The fourth-order valence-corrected chi connectivity index (χ4v) is 4.45. The van der Waals surface area contributed by atoms with Crippen molar-refractivity contribution in [2.75, 3.05) is 5.32 Å². The average molecular weight is 302 g/mol. The van der Waals surface area contributed by atoms with E-state index in [0.717, 1.165) is 35.4 Å². The van der Waals surface area contributed by atoms with Crippen LogP contribution in [0.1, 0.15) is 45.4 Å². The number of nitrogens with one attached hydrogen (secondary N) is 2. The van der Waals surface area contributed by atoms with E-state index in [-0.39, 0.29) is 17.9 Å². The van der Waals surface area contributed by atoms with Crippen LogP contribution in [0.25, 0.3) is 0 Å². The van der Waals surface area contributed by atoms with Crippen LogP contribution >= 0.6 is 11.3 Å². The Kier molecular flexibility index (Phi) is 2.96. The molecule has 0 spiro atoms. The molecule has 2 N–H and O–H groups in total. The van der Waals surface area contributed by atoms with Crippen LogP contribution in [-0.4, -0.2) is 5.91 Å². The standard InChI is InChI=1S/C16H15FN2OS/c17-10-5-3-4-9(8-10)14-18-15(20)13-11-6-1-2-7-12(11)21-16(13)19-14/h3-5,8,14,19H,1-2,6-7H2,(H,18,20)/t14-/m1/s1. The van der Waals surface area contributed by atoms with Crippen molar-refractivity contribution in [3.8, 4) is 0 Å². The molecule has 0 bridgehead atoms. The van der Waals surface area contributed by atoms with Gasteiger partial charge in [0, 0.05) is 4.88 Å². The highest BCUT2D eigenvalue weighted by atomic mass is 32.1. The number of thiophene rings is 1. The minimum Gasteiger partial charge on any atom is -0.353 e. The van der Waals surface area contributed by atoms with Crippen molar-refractivity contribution < 1.29 is 9.18 Å². The molecule has 5 heteroatoms. The van der Waals surface area contributed by atoms with Gasteiger partial charge in [-0.15, -0.1) is 11.3 Å². The SMILES string of the molecule is O=C1N[C@@H](c2cccc(F)c2)Nc2sc3c(c21)CCCC3. The summed E-state index contributed by atoms with van der Waals surface area (Å²) in [7, 11) is 0. The number of rotatable bonds is 1. The number of amides is 1. The summed E-state index contributed by atoms with van der Waals surface area (Å²) in [6.07, 6.45) is 4.03. The second-order valence-electron chi connectivity index (χ2n) is 5.52. The first kappa shape index (κ1) is 12.8. The fraction of sp³-hybridized carbons (Fsp3) is 0.312. The Morgan fingerprint density at radius 1 is 1.19 bits per heavy atom. The van der Waals surface area contributed by atoms with Gasteiger partial charge in [0.15, 0.2) is 0 Å². The maximum atomic E-state index is 13.4. The molecule has 3 nitrogen and oxygen atoms in total. The number of hydrogen-bond donors (Lipinski definition) is 2. The third-order valence-electron chi connectivity index (χ3n) is 4.13. The summed E-state index contributed by atoms with van der Waals surface area (Å²) in [6.45, 7) is 0. The van der Waals surface area contributed by atoms with E-state index in [1.165, 1.54) is 29.0 Å². The minimum absolute atomic E-state index is 0.0441. The van der Waals surface area contributed by atoms with Gasteiger partial charge in [-0.2, -0.15) is 0 Å². The van der Waals surface area contributed by atoms with Crippen LogP contribution in [0.4, 0.5) is 9.39 Å². The highest BCUT2D eigenvalue weighted by Crippen LogP contribution is 2.41. The van der Waals surface area contributed by atoms with Gasteiger partial charge in [0.2, 0.25) is 0 Å². The van der Waals surface area contributed by atoms with Crippen LogP contribution in [0.2, 0.25) is 0 Å². The van der Waals surface area contributed by atoms with Crippen LogP contribution in [0.3, 0.4) is 0 Å². The summed E-state index contributed by atoms with van der Waals surface area (Å²) >= 11 is 1.68. The van der Waals surface area contributed by atoms with Gasteiger partial charge >= 0.3 is 0 Å². The summed E-state index contributed by atoms with van der Waals surface area (Å²) in [5.41, 5.74) is 2.76. The van der Waals surface area contributed by atoms with E-state index >= 15 is 0 Å². The average Bonchev–Trinajstić information content (AvgIpc) is 2.86. The number of anilines is 1. The molecule has 108 valence electrons. The first-order valence-corrected chi connectivity index (χ1v) is 8.01. The quantitative estimate of drug-likeness (QED) is 0.845. The summed E-state index contributed by atoms with van der Waals surface area (Å²) in [6, 6.07) is 6.34. The first-order chi connectivity index (χ1) is 10.2. The largest absolute Gasteiger partial charge is 0.353 e. The summed E-state index contributed by atoms with van der Waals surface area (Å²) in [5.74, 6) is -0.336. The lowest BCUT2D eigenvalue weighted by molar-refractivity contribution is 0.0935. The minimum atomic E-state index is -0.360. The monoisotopic (exact) mass is 302 g/mol. The van der Waals surface area contributed by atoms with Crippen molar-refractivity contribution in [1.82, 2.24) is 5.32 Å². The number of carbonyl (C=O) groups excluding carboxylic acids is 1. The van der Waals surface area contributed by atoms with Crippen molar-refractivity contribution in [1.29, 1.82) is 0 Å². The van der Waals surface area contributed by atoms with Crippen LogP contribution in [0, 0.1) is 5.82 Å². The topological polar surface area (TPSA) is 41.1 Å². The molecule has 0 unspecified atom stereocenters. The first-order valence-electron chi connectivity index (χ1n) is 7.20. The molecule has 1 aliphatic heterocycles. The van der Waals surface area contributed by atoms with Crippen molar-refractivity contribution in [3.05, 3.63) is 51.7 Å². The Hall–Kier alpha value is -1.88. The Balaban J connectivity index is 1.72. The molecule has 4 rings (SSSR count). The molecule has 1 aliphatic carbocycles. The molecule has 1 atom stereocenters. The molecule has 1 aromatic carbocycles. The Bertz CT molecular complexity index is 725.